The van der Waals surface area contributed by atoms with Gasteiger partial charge < -0.3 is 10.6 Å². The quantitative estimate of drug-likeness (QED) is 0.557. The summed E-state index contributed by atoms with van der Waals surface area (Å²) >= 11 is 0. The summed E-state index contributed by atoms with van der Waals surface area (Å²) in [6, 6.07) is 3.75. The van der Waals surface area contributed by atoms with E-state index in [1.165, 1.54) is 0 Å². The van der Waals surface area contributed by atoms with Gasteiger partial charge in [0.2, 0.25) is 0 Å². The minimum absolute atomic E-state index is 0.233. The molecule has 1 heterocycles. The maximum atomic E-state index is 8.42. The molecule has 1 aromatic rings. The summed E-state index contributed by atoms with van der Waals surface area (Å²) in [6.45, 7) is 6.29. The van der Waals surface area contributed by atoms with Crippen LogP contribution in [0.5, 0.6) is 0 Å². The maximum absolute atomic E-state index is 8.42. The second-order valence-corrected chi connectivity index (χ2v) is 2.87. The molecule has 1 aromatic heterocycles. The first kappa shape index (κ1) is 11.0. The lowest BCUT2D eigenvalue weighted by molar-refractivity contribution is 1.04. The highest BCUT2D eigenvalue weighted by Gasteiger charge is 1.99. The molecule has 0 saturated heterocycles. The van der Waals surface area contributed by atoms with Crippen LogP contribution in [0.15, 0.2) is 18.7 Å². The highest BCUT2D eigenvalue weighted by Crippen LogP contribution is 2.10. The molecule has 5 nitrogen and oxygen atoms in total. The van der Waals surface area contributed by atoms with Gasteiger partial charge in [-0.3, -0.25) is 0 Å². The third-order valence-electron chi connectivity index (χ3n) is 1.61. The SMILES string of the molecule is C=CCNc1cc(NCC#N)nc(C)n1. The van der Waals surface area contributed by atoms with Gasteiger partial charge in [0.15, 0.2) is 0 Å². The van der Waals surface area contributed by atoms with Gasteiger partial charge in [0, 0.05) is 12.6 Å². The van der Waals surface area contributed by atoms with Crippen LogP contribution in [0.2, 0.25) is 0 Å². The van der Waals surface area contributed by atoms with Crippen LogP contribution in [0.3, 0.4) is 0 Å². The zero-order chi connectivity index (χ0) is 11.1. The number of nitrogens with one attached hydrogen (secondary N) is 2. The van der Waals surface area contributed by atoms with Crippen LogP contribution in [0.25, 0.3) is 0 Å². The first-order chi connectivity index (χ1) is 7.26. The fourth-order valence-corrected chi connectivity index (χ4v) is 1.06. The fraction of sp³-hybridized carbons (Fsp3) is 0.300. The van der Waals surface area contributed by atoms with Gasteiger partial charge in [0.25, 0.3) is 0 Å². The Kier molecular flexibility index (Phi) is 4.10. The predicted molar refractivity (Wildman–Crippen MR) is 59.6 cm³/mol. The van der Waals surface area contributed by atoms with Gasteiger partial charge in [-0.05, 0) is 6.92 Å². The number of nitrogens with zero attached hydrogens (tertiary/aromatic N) is 3. The molecule has 0 atom stereocenters. The predicted octanol–water partition coefficient (Wildman–Crippen LogP) is 1.32. The van der Waals surface area contributed by atoms with Crippen LogP contribution in [-0.4, -0.2) is 23.1 Å². The smallest absolute Gasteiger partial charge is 0.132 e. The molecule has 0 aromatic carbocycles. The maximum Gasteiger partial charge on any atom is 0.132 e. The molecule has 0 radical (unpaired) electrons. The van der Waals surface area contributed by atoms with Crippen LogP contribution in [0, 0.1) is 18.3 Å². The van der Waals surface area contributed by atoms with Crippen molar-refractivity contribution in [1.82, 2.24) is 9.97 Å². The summed E-state index contributed by atoms with van der Waals surface area (Å²) in [6.07, 6.45) is 1.75. The Balaban J connectivity index is 2.75. The van der Waals surface area contributed by atoms with E-state index in [1.54, 1.807) is 19.1 Å². The van der Waals surface area contributed by atoms with Crippen molar-refractivity contribution in [3.05, 3.63) is 24.5 Å². The Morgan fingerprint density at radius 2 is 2.13 bits per heavy atom. The molecule has 0 bridgehead atoms. The van der Waals surface area contributed by atoms with Gasteiger partial charge in [0.1, 0.15) is 24.0 Å². The molecule has 0 aliphatic heterocycles. The van der Waals surface area contributed by atoms with Crippen molar-refractivity contribution in [2.45, 2.75) is 6.92 Å². The van der Waals surface area contributed by atoms with Gasteiger partial charge in [-0.25, -0.2) is 9.97 Å². The molecule has 15 heavy (non-hydrogen) atoms. The van der Waals surface area contributed by atoms with Gasteiger partial charge in [-0.2, -0.15) is 5.26 Å². The van der Waals surface area contributed by atoms with E-state index in [2.05, 4.69) is 27.2 Å². The summed E-state index contributed by atoms with van der Waals surface area (Å²) in [5.74, 6) is 2.03. The van der Waals surface area contributed by atoms with E-state index >= 15 is 0 Å². The largest absolute Gasteiger partial charge is 0.366 e. The van der Waals surface area contributed by atoms with E-state index in [1.807, 2.05) is 6.07 Å². The number of anilines is 2. The van der Waals surface area contributed by atoms with Crippen LogP contribution < -0.4 is 10.6 Å². The average molecular weight is 203 g/mol. The Hall–Kier alpha value is -2.09. The summed E-state index contributed by atoms with van der Waals surface area (Å²) in [7, 11) is 0. The number of nitriles is 1. The molecule has 0 spiro atoms. The van der Waals surface area contributed by atoms with Crippen molar-refractivity contribution in [1.29, 1.82) is 5.26 Å². The van der Waals surface area contributed by atoms with E-state index in [4.69, 9.17) is 5.26 Å². The van der Waals surface area contributed by atoms with Gasteiger partial charge in [-0.15, -0.1) is 6.58 Å². The van der Waals surface area contributed by atoms with E-state index in [0.717, 1.165) is 5.82 Å². The molecule has 0 unspecified atom stereocenters. The van der Waals surface area contributed by atoms with E-state index < -0.39 is 0 Å². The Bertz CT molecular complexity index is 380. The van der Waals surface area contributed by atoms with Gasteiger partial charge in [-0.1, -0.05) is 6.08 Å². The molecule has 5 heteroatoms. The molecule has 0 aliphatic carbocycles. The normalized spacial score (nSPS) is 9.07. The first-order valence-corrected chi connectivity index (χ1v) is 4.57. The molecular formula is C10H13N5. The Morgan fingerprint density at radius 1 is 1.47 bits per heavy atom. The van der Waals surface area contributed by atoms with Crippen LogP contribution in [0.1, 0.15) is 5.82 Å². The summed E-state index contributed by atoms with van der Waals surface area (Å²) in [4.78, 5) is 8.33. The van der Waals surface area contributed by atoms with Crippen molar-refractivity contribution < 1.29 is 0 Å². The van der Waals surface area contributed by atoms with Crippen molar-refractivity contribution in [3.63, 3.8) is 0 Å². The number of hydrogen-bond donors (Lipinski definition) is 2. The minimum atomic E-state index is 0.233. The van der Waals surface area contributed by atoms with Crippen molar-refractivity contribution in [2.75, 3.05) is 23.7 Å². The molecule has 1 rings (SSSR count). The summed E-state index contributed by atoms with van der Waals surface area (Å²) < 4.78 is 0. The highest BCUT2D eigenvalue weighted by molar-refractivity contribution is 5.48. The molecule has 0 fully saturated rings. The standard InChI is InChI=1S/C10H13N5/c1-3-5-12-9-7-10(13-6-4-11)15-8(2)14-9/h3,7H,1,5-6H2,2H3,(H2,12,13,14,15). The van der Waals surface area contributed by atoms with Gasteiger partial charge in [0.05, 0.1) is 6.07 Å². The molecule has 0 aliphatic rings. The van der Waals surface area contributed by atoms with Crippen molar-refractivity contribution >= 4 is 11.6 Å². The van der Waals surface area contributed by atoms with Crippen LogP contribution in [0.4, 0.5) is 11.6 Å². The second kappa shape index (κ2) is 5.60. The molecule has 2 N–H and O–H groups in total. The molecule has 0 saturated carbocycles. The van der Waals surface area contributed by atoms with E-state index in [0.29, 0.717) is 18.2 Å². The zero-order valence-electron chi connectivity index (χ0n) is 8.62. The molecule has 78 valence electrons. The minimum Gasteiger partial charge on any atom is -0.366 e. The van der Waals surface area contributed by atoms with Gasteiger partial charge >= 0.3 is 0 Å². The number of aryl methyl sites for hydroxylation is 1. The fourth-order valence-electron chi connectivity index (χ4n) is 1.06. The third kappa shape index (κ3) is 3.65. The van der Waals surface area contributed by atoms with E-state index in [9.17, 15) is 0 Å². The average Bonchev–Trinajstić information content (AvgIpc) is 2.23. The monoisotopic (exact) mass is 203 g/mol. The lowest BCUT2D eigenvalue weighted by atomic mass is 10.4. The summed E-state index contributed by atoms with van der Waals surface area (Å²) in [5.41, 5.74) is 0. The number of hydrogen-bond acceptors (Lipinski definition) is 5. The second-order valence-electron chi connectivity index (χ2n) is 2.87. The van der Waals surface area contributed by atoms with Crippen molar-refractivity contribution in [3.8, 4) is 6.07 Å². The third-order valence-corrected chi connectivity index (χ3v) is 1.61. The topological polar surface area (TPSA) is 73.6 Å². The summed E-state index contributed by atoms with van der Waals surface area (Å²) in [5, 5.41) is 14.4. The molecule has 0 amide bonds. The zero-order valence-corrected chi connectivity index (χ0v) is 8.62. The number of aromatic nitrogens is 2. The number of rotatable bonds is 5. The lowest BCUT2D eigenvalue weighted by Gasteiger charge is -2.06. The van der Waals surface area contributed by atoms with Crippen molar-refractivity contribution in [2.24, 2.45) is 0 Å². The van der Waals surface area contributed by atoms with Crippen LogP contribution in [-0.2, 0) is 0 Å². The van der Waals surface area contributed by atoms with Crippen LogP contribution >= 0.6 is 0 Å². The first-order valence-electron chi connectivity index (χ1n) is 4.57. The Morgan fingerprint density at radius 3 is 2.73 bits per heavy atom. The Labute approximate surface area is 88.9 Å². The molecular weight excluding hydrogens is 190 g/mol. The van der Waals surface area contributed by atoms with E-state index in [-0.39, 0.29) is 6.54 Å². The lowest BCUT2D eigenvalue weighted by Crippen LogP contribution is -2.06. The highest BCUT2D eigenvalue weighted by atomic mass is 15.1.